The van der Waals surface area contributed by atoms with Crippen LogP contribution in [0.2, 0.25) is 0 Å². The van der Waals surface area contributed by atoms with Crippen molar-refractivity contribution >= 4 is 11.9 Å². The lowest BCUT2D eigenvalue weighted by Gasteiger charge is -2.31. The second-order valence-electron chi connectivity index (χ2n) is 6.19. The fourth-order valence-electron chi connectivity index (χ4n) is 2.17. The maximum absolute atomic E-state index is 13.3. The van der Waals surface area contributed by atoms with E-state index in [2.05, 4.69) is 4.74 Å². The van der Waals surface area contributed by atoms with Crippen molar-refractivity contribution in [3.63, 3.8) is 0 Å². The second kappa shape index (κ2) is 10.1. The Morgan fingerprint density at radius 3 is 2.10 bits per heavy atom. The highest BCUT2D eigenvalue weighted by Gasteiger charge is 2.75. The van der Waals surface area contributed by atoms with E-state index in [0.717, 1.165) is 6.42 Å². The number of ether oxygens (including phenoxy) is 2. The number of carbonyl (C=O) groups excluding carboxylic acids is 2. The Balaban J connectivity index is 2.60. The van der Waals surface area contributed by atoms with Gasteiger partial charge in [0.15, 0.2) is 6.61 Å². The lowest BCUT2D eigenvalue weighted by molar-refractivity contribution is -0.344. The van der Waals surface area contributed by atoms with Crippen LogP contribution >= 0.6 is 0 Å². The summed E-state index contributed by atoms with van der Waals surface area (Å²) in [6.45, 7) is -0.694. The molecule has 0 N–H and O–H groups in total. The van der Waals surface area contributed by atoms with Crippen molar-refractivity contribution in [2.75, 3.05) is 6.61 Å². The predicted octanol–water partition coefficient (Wildman–Crippen LogP) is 5.04. The van der Waals surface area contributed by atoms with E-state index in [1.807, 2.05) is 6.92 Å². The van der Waals surface area contributed by atoms with Crippen molar-refractivity contribution in [3.8, 4) is 5.75 Å². The lowest BCUT2D eigenvalue weighted by atomic mass is 10.1. The number of hydrogen-bond acceptors (Lipinski definition) is 4. The summed E-state index contributed by atoms with van der Waals surface area (Å²) in [6, 6.07) is 6.45. The Morgan fingerprint density at radius 2 is 1.53 bits per heavy atom. The number of aryl methyl sites for hydroxylation is 1. The van der Waals surface area contributed by atoms with Crippen LogP contribution in [0.15, 0.2) is 24.3 Å². The summed E-state index contributed by atoms with van der Waals surface area (Å²) in [5.74, 6) is -21.0. The molecule has 1 aromatic rings. The van der Waals surface area contributed by atoms with Gasteiger partial charge in [0.1, 0.15) is 5.75 Å². The summed E-state index contributed by atoms with van der Waals surface area (Å²) < 4.78 is 111. The minimum absolute atomic E-state index is 0.207. The summed E-state index contributed by atoms with van der Waals surface area (Å²) in [5.41, 5.74) is 0.692. The SMILES string of the molecule is CCCc1ccccc1OC(=O)CCC(=O)OCC(F)(F)C(F)(F)C(F)(F)C(F)F. The molecule has 0 saturated heterocycles. The van der Waals surface area contributed by atoms with E-state index in [4.69, 9.17) is 4.74 Å². The summed E-state index contributed by atoms with van der Waals surface area (Å²) >= 11 is 0. The summed E-state index contributed by atoms with van der Waals surface area (Å²) in [5, 5.41) is 0. The van der Waals surface area contributed by atoms with Gasteiger partial charge in [-0.25, -0.2) is 8.78 Å². The number of hydrogen-bond donors (Lipinski definition) is 0. The van der Waals surface area contributed by atoms with Gasteiger partial charge in [0, 0.05) is 0 Å². The van der Waals surface area contributed by atoms with Gasteiger partial charge in [0.25, 0.3) is 0 Å². The third kappa shape index (κ3) is 6.05. The van der Waals surface area contributed by atoms with E-state index in [9.17, 15) is 44.7 Å². The molecule has 0 saturated carbocycles. The molecule has 4 nitrogen and oxygen atoms in total. The molecule has 0 unspecified atom stereocenters. The van der Waals surface area contributed by atoms with Gasteiger partial charge in [-0.3, -0.25) is 9.59 Å². The van der Waals surface area contributed by atoms with Crippen LogP contribution < -0.4 is 4.74 Å². The molecule has 0 aromatic heterocycles. The molecule has 0 bridgehead atoms. The van der Waals surface area contributed by atoms with Gasteiger partial charge in [-0.05, 0) is 18.1 Å². The van der Waals surface area contributed by atoms with Crippen molar-refractivity contribution < 1.29 is 54.2 Å². The van der Waals surface area contributed by atoms with Gasteiger partial charge in [-0.1, -0.05) is 31.5 Å². The van der Waals surface area contributed by atoms with Crippen molar-refractivity contribution in [1.29, 1.82) is 0 Å². The first kappa shape index (κ1) is 25.6. The Labute approximate surface area is 166 Å². The molecule has 12 heteroatoms. The minimum Gasteiger partial charge on any atom is -0.459 e. The van der Waals surface area contributed by atoms with Gasteiger partial charge in [-0.2, -0.15) is 26.3 Å². The molecule has 0 aliphatic rings. The Hall–Kier alpha value is -2.40. The molecule has 0 amide bonds. The van der Waals surface area contributed by atoms with E-state index in [0.29, 0.717) is 12.0 Å². The van der Waals surface area contributed by atoms with Crippen LogP contribution in [0.4, 0.5) is 35.1 Å². The maximum Gasteiger partial charge on any atom is 0.381 e. The van der Waals surface area contributed by atoms with Gasteiger partial charge >= 0.3 is 36.1 Å². The molecule has 0 aliphatic heterocycles. The van der Waals surface area contributed by atoms with Crippen molar-refractivity contribution in [3.05, 3.63) is 29.8 Å². The normalized spacial score (nSPS) is 12.7. The number of rotatable bonds is 11. The second-order valence-corrected chi connectivity index (χ2v) is 6.19. The molecule has 0 radical (unpaired) electrons. The summed E-state index contributed by atoms with van der Waals surface area (Å²) in [4.78, 5) is 23.1. The average molecular weight is 450 g/mol. The standard InChI is InChI=1S/C18H18F8O4/c1-2-5-11-6-3-4-7-12(11)30-14(28)9-8-13(27)29-10-16(21,22)18(25,26)17(23,24)15(19)20/h3-4,6-7,15H,2,5,8-10H2,1H3. The van der Waals surface area contributed by atoms with E-state index in [1.54, 1.807) is 18.2 Å². The molecule has 30 heavy (non-hydrogen) atoms. The van der Waals surface area contributed by atoms with Crippen LogP contribution in [0, 0.1) is 0 Å². The number of esters is 2. The third-order valence-electron chi connectivity index (χ3n) is 3.82. The van der Waals surface area contributed by atoms with Crippen LogP contribution in [0.1, 0.15) is 31.7 Å². The van der Waals surface area contributed by atoms with Gasteiger partial charge < -0.3 is 9.47 Å². The van der Waals surface area contributed by atoms with Crippen LogP contribution in [0.3, 0.4) is 0 Å². The summed E-state index contributed by atoms with van der Waals surface area (Å²) in [6.07, 6.45) is -5.32. The highest BCUT2D eigenvalue weighted by molar-refractivity contribution is 5.79. The lowest BCUT2D eigenvalue weighted by Crippen LogP contribution is -2.59. The maximum atomic E-state index is 13.3. The van der Waals surface area contributed by atoms with Gasteiger partial charge in [-0.15, -0.1) is 0 Å². The Kier molecular flexibility index (Phi) is 8.61. The number of para-hydroxylation sites is 1. The van der Waals surface area contributed by atoms with Crippen LogP contribution in [-0.4, -0.2) is 42.7 Å². The quantitative estimate of drug-likeness (QED) is 0.269. The van der Waals surface area contributed by atoms with E-state index >= 15 is 0 Å². The van der Waals surface area contributed by atoms with E-state index < -0.39 is 55.6 Å². The van der Waals surface area contributed by atoms with Crippen LogP contribution in [-0.2, 0) is 20.7 Å². The molecule has 0 heterocycles. The molecule has 1 aromatic carbocycles. The monoisotopic (exact) mass is 450 g/mol. The Bertz CT molecular complexity index is 737. The predicted molar refractivity (Wildman–Crippen MR) is 87.1 cm³/mol. The Morgan fingerprint density at radius 1 is 0.967 bits per heavy atom. The van der Waals surface area contributed by atoms with E-state index in [-0.39, 0.29) is 5.75 Å². The third-order valence-corrected chi connectivity index (χ3v) is 3.82. The molecular formula is C18H18F8O4. The zero-order valence-electron chi connectivity index (χ0n) is 15.6. The molecular weight excluding hydrogens is 432 g/mol. The molecule has 0 aliphatic carbocycles. The average Bonchev–Trinajstić information content (AvgIpc) is 2.66. The van der Waals surface area contributed by atoms with E-state index in [1.165, 1.54) is 6.07 Å². The van der Waals surface area contributed by atoms with Crippen molar-refractivity contribution in [1.82, 2.24) is 0 Å². The molecule has 0 fully saturated rings. The number of alkyl halides is 8. The minimum atomic E-state index is -6.48. The zero-order valence-corrected chi connectivity index (χ0v) is 15.6. The summed E-state index contributed by atoms with van der Waals surface area (Å²) in [7, 11) is 0. The largest absolute Gasteiger partial charge is 0.459 e. The topological polar surface area (TPSA) is 52.6 Å². The first-order chi connectivity index (χ1) is 13.8. The highest BCUT2D eigenvalue weighted by atomic mass is 19.4. The van der Waals surface area contributed by atoms with Gasteiger partial charge in [0.2, 0.25) is 0 Å². The molecule has 0 spiro atoms. The number of halogens is 8. The first-order valence-corrected chi connectivity index (χ1v) is 8.62. The van der Waals surface area contributed by atoms with Crippen molar-refractivity contribution in [2.45, 2.75) is 56.8 Å². The smallest absolute Gasteiger partial charge is 0.381 e. The molecule has 170 valence electrons. The highest BCUT2D eigenvalue weighted by Crippen LogP contribution is 2.48. The van der Waals surface area contributed by atoms with Gasteiger partial charge in [0.05, 0.1) is 12.8 Å². The molecule has 1 rings (SSSR count). The van der Waals surface area contributed by atoms with Crippen LogP contribution in [0.5, 0.6) is 5.75 Å². The van der Waals surface area contributed by atoms with Crippen LogP contribution in [0.25, 0.3) is 0 Å². The first-order valence-electron chi connectivity index (χ1n) is 8.62. The molecule has 0 atom stereocenters. The fourth-order valence-corrected chi connectivity index (χ4v) is 2.17. The fraction of sp³-hybridized carbons (Fsp3) is 0.556. The number of carbonyl (C=O) groups is 2. The zero-order chi connectivity index (χ0) is 23.2. The van der Waals surface area contributed by atoms with Crippen molar-refractivity contribution in [2.24, 2.45) is 0 Å². The number of benzene rings is 1.